The molecular formula is C18H15F2N5OS. The Bertz CT molecular complexity index is 1170. The molecule has 4 aromatic heterocycles. The molecule has 9 heteroatoms. The summed E-state index contributed by atoms with van der Waals surface area (Å²) in [6, 6.07) is 3.71. The van der Waals surface area contributed by atoms with E-state index in [2.05, 4.69) is 20.1 Å². The Morgan fingerprint density at radius 1 is 1.26 bits per heavy atom. The number of thiophene rings is 1. The first-order valence-corrected chi connectivity index (χ1v) is 9.30. The number of alkyl halides is 2. The van der Waals surface area contributed by atoms with Gasteiger partial charge in [-0.15, -0.1) is 11.3 Å². The molecule has 138 valence electrons. The van der Waals surface area contributed by atoms with Crippen molar-refractivity contribution >= 4 is 32.6 Å². The lowest BCUT2D eigenvalue weighted by molar-refractivity contribution is -0.124. The normalized spacial score (nSPS) is 22.6. The van der Waals surface area contributed by atoms with E-state index < -0.39 is 17.9 Å². The lowest BCUT2D eigenvalue weighted by Crippen LogP contribution is -2.43. The maximum Gasteiger partial charge on any atom is 0.241 e. The molecule has 4 heterocycles. The van der Waals surface area contributed by atoms with Crippen molar-refractivity contribution in [3.05, 3.63) is 35.6 Å². The lowest BCUT2D eigenvalue weighted by atomic mass is 9.70. The van der Waals surface area contributed by atoms with Crippen LogP contribution in [-0.2, 0) is 12.6 Å². The molecule has 4 aromatic rings. The van der Waals surface area contributed by atoms with Crippen LogP contribution in [-0.4, -0.2) is 36.3 Å². The number of pyridine rings is 1. The molecule has 1 saturated carbocycles. The number of aliphatic hydroxyl groups is 1. The van der Waals surface area contributed by atoms with Crippen LogP contribution in [0.15, 0.2) is 30.7 Å². The second-order valence-electron chi connectivity index (χ2n) is 7.03. The third-order valence-electron chi connectivity index (χ3n) is 5.02. The maximum atomic E-state index is 12.8. The zero-order valence-electron chi connectivity index (χ0n) is 14.3. The van der Waals surface area contributed by atoms with Crippen LogP contribution in [0.3, 0.4) is 0 Å². The number of hydrogen-bond acceptors (Lipinski definition) is 6. The monoisotopic (exact) mass is 387 g/mol. The van der Waals surface area contributed by atoms with Gasteiger partial charge in [0.1, 0.15) is 0 Å². The Hall–Kier alpha value is -2.52. The summed E-state index contributed by atoms with van der Waals surface area (Å²) in [5, 5.41) is 15.8. The highest BCUT2D eigenvalue weighted by Crippen LogP contribution is 2.50. The molecule has 0 aromatic carbocycles. The first-order chi connectivity index (χ1) is 12.9. The van der Waals surface area contributed by atoms with E-state index in [-0.39, 0.29) is 12.8 Å². The van der Waals surface area contributed by atoms with Gasteiger partial charge in [0, 0.05) is 47.4 Å². The van der Waals surface area contributed by atoms with Crippen molar-refractivity contribution in [2.75, 3.05) is 0 Å². The van der Waals surface area contributed by atoms with Crippen molar-refractivity contribution in [3.63, 3.8) is 0 Å². The average molecular weight is 387 g/mol. The van der Waals surface area contributed by atoms with Crippen LogP contribution in [0.5, 0.6) is 0 Å². The van der Waals surface area contributed by atoms with Gasteiger partial charge in [0.25, 0.3) is 0 Å². The zero-order chi connectivity index (χ0) is 18.8. The van der Waals surface area contributed by atoms with Crippen molar-refractivity contribution in [3.8, 4) is 11.4 Å². The number of nitrogens with zero attached hydrogens (tertiary/aromatic N) is 5. The largest absolute Gasteiger partial charge is 0.384 e. The molecule has 5 rings (SSSR count). The molecule has 0 unspecified atom stereocenters. The topological polar surface area (TPSA) is 76.7 Å². The van der Waals surface area contributed by atoms with Gasteiger partial charge in [-0.05, 0) is 25.0 Å². The van der Waals surface area contributed by atoms with Gasteiger partial charge in [0.2, 0.25) is 6.43 Å². The third-order valence-corrected chi connectivity index (χ3v) is 6.27. The highest BCUT2D eigenvalue weighted by atomic mass is 32.1. The molecule has 1 aliphatic carbocycles. The van der Waals surface area contributed by atoms with Crippen LogP contribution in [0.4, 0.5) is 8.78 Å². The second kappa shape index (κ2) is 5.74. The van der Waals surface area contributed by atoms with E-state index in [1.807, 2.05) is 19.3 Å². The predicted molar refractivity (Wildman–Crippen MR) is 97.5 cm³/mol. The molecule has 0 spiro atoms. The standard InChI is InChI=1S/C18H15F2N5OS/c1-25-8-10-2-9(6-21-17(10)24-25)16-22-7-13-12(23-16)3-14(27-13)18(26)4-11(5-18)15(19)20/h2-3,6-8,11,15,26H,4-5H2,1H3. The molecule has 1 fully saturated rings. The molecule has 27 heavy (non-hydrogen) atoms. The Morgan fingerprint density at radius 3 is 2.85 bits per heavy atom. The second-order valence-corrected chi connectivity index (χ2v) is 8.11. The van der Waals surface area contributed by atoms with E-state index in [4.69, 9.17) is 0 Å². The first kappa shape index (κ1) is 16.6. The minimum atomic E-state index is -2.39. The van der Waals surface area contributed by atoms with Gasteiger partial charge in [0.05, 0.1) is 15.8 Å². The fourth-order valence-electron chi connectivity index (χ4n) is 3.55. The Balaban J connectivity index is 1.50. The molecule has 6 nitrogen and oxygen atoms in total. The van der Waals surface area contributed by atoms with Crippen LogP contribution in [0, 0.1) is 5.92 Å². The number of fused-ring (bicyclic) bond motifs is 2. The summed E-state index contributed by atoms with van der Waals surface area (Å²) >= 11 is 1.35. The van der Waals surface area contributed by atoms with Crippen molar-refractivity contribution < 1.29 is 13.9 Å². The van der Waals surface area contributed by atoms with Crippen LogP contribution < -0.4 is 0 Å². The molecule has 0 radical (unpaired) electrons. The summed E-state index contributed by atoms with van der Waals surface area (Å²) in [4.78, 5) is 14.0. The van der Waals surface area contributed by atoms with E-state index >= 15 is 0 Å². The molecule has 1 N–H and O–H groups in total. The molecule has 0 atom stereocenters. The van der Waals surface area contributed by atoms with Gasteiger partial charge in [-0.25, -0.2) is 23.7 Å². The number of hydrogen-bond donors (Lipinski definition) is 1. The SMILES string of the molecule is Cn1cc2cc(-c3ncc4sc(C5(O)CC(C(F)F)C5)cc4n3)cnc2n1. The number of halogens is 2. The average Bonchev–Trinajstić information content (AvgIpc) is 3.19. The smallest absolute Gasteiger partial charge is 0.241 e. The summed E-state index contributed by atoms with van der Waals surface area (Å²) < 4.78 is 28.0. The van der Waals surface area contributed by atoms with E-state index in [1.54, 1.807) is 23.1 Å². The Kier molecular flexibility index (Phi) is 3.54. The molecule has 0 bridgehead atoms. The Morgan fingerprint density at radius 2 is 2.07 bits per heavy atom. The first-order valence-electron chi connectivity index (χ1n) is 8.49. The van der Waals surface area contributed by atoms with Crippen molar-refractivity contribution in [1.82, 2.24) is 24.7 Å². The van der Waals surface area contributed by atoms with Crippen molar-refractivity contribution in [2.45, 2.75) is 24.9 Å². The van der Waals surface area contributed by atoms with E-state index in [0.717, 1.165) is 15.6 Å². The van der Waals surface area contributed by atoms with Gasteiger partial charge in [-0.3, -0.25) is 4.68 Å². The summed E-state index contributed by atoms with van der Waals surface area (Å²) in [6.45, 7) is 0. The van der Waals surface area contributed by atoms with Gasteiger partial charge < -0.3 is 5.11 Å². The van der Waals surface area contributed by atoms with Gasteiger partial charge in [-0.1, -0.05) is 0 Å². The fraction of sp³-hybridized carbons (Fsp3) is 0.333. The predicted octanol–water partition coefficient (Wildman–Crippen LogP) is 3.50. The lowest BCUT2D eigenvalue weighted by Gasteiger charge is -2.42. The molecule has 1 aliphatic rings. The number of aromatic nitrogens is 5. The van der Waals surface area contributed by atoms with Crippen LogP contribution in [0.25, 0.3) is 32.6 Å². The fourth-order valence-corrected chi connectivity index (χ4v) is 4.63. The summed E-state index contributed by atoms with van der Waals surface area (Å²) in [5.74, 6) is -0.213. The van der Waals surface area contributed by atoms with Gasteiger partial charge in [0.15, 0.2) is 11.5 Å². The minimum Gasteiger partial charge on any atom is -0.384 e. The Labute approximate surface area is 156 Å². The summed E-state index contributed by atoms with van der Waals surface area (Å²) in [5.41, 5.74) is 0.939. The van der Waals surface area contributed by atoms with E-state index in [9.17, 15) is 13.9 Å². The maximum absolute atomic E-state index is 12.8. The van der Waals surface area contributed by atoms with Gasteiger partial charge in [-0.2, -0.15) is 5.10 Å². The quantitative estimate of drug-likeness (QED) is 0.582. The van der Waals surface area contributed by atoms with E-state index in [1.165, 1.54) is 11.3 Å². The molecule has 0 amide bonds. The molecule has 0 saturated heterocycles. The summed E-state index contributed by atoms with van der Waals surface area (Å²) in [6.07, 6.45) is 3.03. The number of aryl methyl sites for hydroxylation is 1. The highest BCUT2D eigenvalue weighted by molar-refractivity contribution is 7.19. The van der Waals surface area contributed by atoms with Crippen LogP contribution in [0.1, 0.15) is 17.7 Å². The molecule has 0 aliphatic heterocycles. The highest BCUT2D eigenvalue weighted by Gasteiger charge is 2.48. The molecular weight excluding hydrogens is 372 g/mol. The minimum absolute atomic E-state index is 0.0827. The van der Waals surface area contributed by atoms with Crippen molar-refractivity contribution in [2.24, 2.45) is 13.0 Å². The van der Waals surface area contributed by atoms with Crippen molar-refractivity contribution in [1.29, 1.82) is 0 Å². The number of rotatable bonds is 3. The van der Waals surface area contributed by atoms with Gasteiger partial charge >= 0.3 is 0 Å². The van der Waals surface area contributed by atoms with Crippen LogP contribution >= 0.6 is 11.3 Å². The third kappa shape index (κ3) is 2.69. The summed E-state index contributed by atoms with van der Waals surface area (Å²) in [7, 11) is 1.83. The van der Waals surface area contributed by atoms with E-state index in [0.29, 0.717) is 21.9 Å². The zero-order valence-corrected chi connectivity index (χ0v) is 15.1. The van der Waals surface area contributed by atoms with Crippen LogP contribution in [0.2, 0.25) is 0 Å².